The lowest BCUT2D eigenvalue weighted by molar-refractivity contribution is -0.0381. The Morgan fingerprint density at radius 2 is 2.15 bits per heavy atom. The number of aromatic hydroxyl groups is 1. The fourth-order valence-corrected chi connectivity index (χ4v) is 2.91. The number of aromatic nitrogens is 4. The zero-order chi connectivity index (χ0) is 18.3. The Balaban J connectivity index is 1.50. The summed E-state index contributed by atoms with van der Waals surface area (Å²) in [5.74, 6) is 0.675. The molecule has 10 nitrogen and oxygen atoms in total. The van der Waals surface area contributed by atoms with E-state index in [4.69, 9.17) is 15.2 Å². The molecule has 3 aromatic rings. The van der Waals surface area contributed by atoms with Crippen molar-refractivity contribution in [1.82, 2.24) is 19.5 Å². The van der Waals surface area contributed by atoms with Crippen LogP contribution < -0.4 is 16.0 Å². The van der Waals surface area contributed by atoms with Crippen molar-refractivity contribution in [2.24, 2.45) is 0 Å². The van der Waals surface area contributed by atoms with Crippen LogP contribution in [0.15, 0.2) is 35.4 Å². The predicted octanol–water partition coefficient (Wildman–Crippen LogP) is 0.135. The van der Waals surface area contributed by atoms with E-state index in [9.17, 15) is 15.0 Å². The first-order valence-corrected chi connectivity index (χ1v) is 7.99. The zero-order valence-electron chi connectivity index (χ0n) is 13.6. The molecule has 1 aliphatic rings. The van der Waals surface area contributed by atoms with E-state index in [1.165, 1.54) is 18.5 Å². The zero-order valence-corrected chi connectivity index (χ0v) is 13.6. The van der Waals surface area contributed by atoms with Crippen LogP contribution in [-0.2, 0) is 4.74 Å². The standard InChI is InChI=1S/C16H17N5O5/c17-16-19-14-13(15(24)20-16)18-7-21(14)12-5-10(23)11(26-12)6-25-9-3-1-8(22)2-4-9/h1-4,7,10-12,22-23H,5-6H2,(H3,17,19,20,24)/t10-,11+,12+/m0/s1. The molecule has 1 aromatic carbocycles. The van der Waals surface area contributed by atoms with Crippen LogP contribution in [0.5, 0.6) is 11.5 Å². The van der Waals surface area contributed by atoms with E-state index in [2.05, 4.69) is 15.0 Å². The maximum absolute atomic E-state index is 11.9. The number of ether oxygens (including phenoxy) is 2. The third-order valence-electron chi connectivity index (χ3n) is 4.22. The number of imidazole rings is 1. The number of rotatable bonds is 4. The van der Waals surface area contributed by atoms with E-state index in [0.29, 0.717) is 17.8 Å². The van der Waals surface area contributed by atoms with Crippen LogP contribution in [0.2, 0.25) is 0 Å². The monoisotopic (exact) mass is 359 g/mol. The second-order valence-electron chi connectivity index (χ2n) is 6.01. The summed E-state index contributed by atoms with van der Waals surface area (Å²) < 4.78 is 13.0. The Morgan fingerprint density at radius 1 is 1.38 bits per heavy atom. The largest absolute Gasteiger partial charge is 0.508 e. The molecule has 0 saturated carbocycles. The Morgan fingerprint density at radius 3 is 2.92 bits per heavy atom. The smallest absolute Gasteiger partial charge is 0.280 e. The number of fused-ring (bicyclic) bond motifs is 1. The van der Waals surface area contributed by atoms with Crippen LogP contribution in [0, 0.1) is 0 Å². The van der Waals surface area contributed by atoms with Gasteiger partial charge < -0.3 is 25.4 Å². The van der Waals surface area contributed by atoms with Gasteiger partial charge >= 0.3 is 0 Å². The molecule has 1 fully saturated rings. The lowest BCUT2D eigenvalue weighted by Gasteiger charge is -2.16. The van der Waals surface area contributed by atoms with E-state index < -0.39 is 24.0 Å². The number of nitrogen functional groups attached to an aromatic ring is 1. The Bertz CT molecular complexity index is 983. The van der Waals surface area contributed by atoms with Crippen molar-refractivity contribution in [3.63, 3.8) is 0 Å². The van der Waals surface area contributed by atoms with Crippen molar-refractivity contribution in [2.45, 2.75) is 24.9 Å². The molecule has 136 valence electrons. The highest BCUT2D eigenvalue weighted by atomic mass is 16.6. The second-order valence-corrected chi connectivity index (χ2v) is 6.01. The summed E-state index contributed by atoms with van der Waals surface area (Å²) in [5.41, 5.74) is 5.61. The van der Waals surface area contributed by atoms with Crippen molar-refractivity contribution >= 4 is 17.1 Å². The third-order valence-corrected chi connectivity index (χ3v) is 4.22. The van der Waals surface area contributed by atoms with E-state index in [0.717, 1.165) is 0 Å². The van der Waals surface area contributed by atoms with Crippen LogP contribution in [0.25, 0.3) is 11.2 Å². The molecule has 3 heterocycles. The molecule has 0 spiro atoms. The summed E-state index contributed by atoms with van der Waals surface area (Å²) in [4.78, 5) is 22.4. The minimum atomic E-state index is -0.756. The fourth-order valence-electron chi connectivity index (χ4n) is 2.91. The number of phenols is 1. The number of benzene rings is 1. The number of nitrogens with two attached hydrogens (primary N) is 1. The van der Waals surface area contributed by atoms with Crippen LogP contribution in [-0.4, -0.2) is 48.5 Å². The third kappa shape index (κ3) is 2.95. The van der Waals surface area contributed by atoms with Gasteiger partial charge in [-0.1, -0.05) is 0 Å². The van der Waals surface area contributed by atoms with Gasteiger partial charge in [0.25, 0.3) is 5.56 Å². The summed E-state index contributed by atoms with van der Waals surface area (Å²) in [6, 6.07) is 6.26. The molecule has 2 aromatic heterocycles. The first-order chi connectivity index (χ1) is 12.5. The molecule has 4 rings (SSSR count). The average molecular weight is 359 g/mol. The van der Waals surface area contributed by atoms with Crippen LogP contribution in [0.1, 0.15) is 12.6 Å². The van der Waals surface area contributed by atoms with Crippen molar-refractivity contribution in [2.75, 3.05) is 12.3 Å². The number of nitrogens with zero attached hydrogens (tertiary/aromatic N) is 3. The van der Waals surface area contributed by atoms with Gasteiger partial charge in [-0.25, -0.2) is 4.98 Å². The highest BCUT2D eigenvalue weighted by molar-refractivity contribution is 5.70. The first kappa shape index (κ1) is 16.4. The number of hydrogen-bond donors (Lipinski definition) is 4. The van der Waals surface area contributed by atoms with E-state index in [1.807, 2.05) is 0 Å². The molecule has 5 N–H and O–H groups in total. The molecule has 10 heteroatoms. The lowest BCUT2D eigenvalue weighted by Crippen LogP contribution is -2.28. The van der Waals surface area contributed by atoms with Gasteiger partial charge in [0, 0.05) is 6.42 Å². The molecule has 1 saturated heterocycles. The van der Waals surface area contributed by atoms with E-state index in [1.54, 1.807) is 16.7 Å². The molecule has 0 radical (unpaired) electrons. The maximum atomic E-state index is 11.9. The molecule has 0 bridgehead atoms. The van der Waals surface area contributed by atoms with Gasteiger partial charge in [-0.2, -0.15) is 4.98 Å². The Kier molecular flexibility index (Phi) is 3.98. The van der Waals surface area contributed by atoms with Gasteiger partial charge in [-0.3, -0.25) is 14.3 Å². The second kappa shape index (κ2) is 6.32. The Labute approximate surface area is 146 Å². The molecular formula is C16H17N5O5. The number of aliphatic hydroxyl groups excluding tert-OH is 1. The number of phenolic OH excluding ortho intramolecular Hbond substituents is 1. The van der Waals surface area contributed by atoms with E-state index in [-0.39, 0.29) is 23.8 Å². The van der Waals surface area contributed by atoms with Gasteiger partial charge in [0.1, 0.15) is 30.4 Å². The molecule has 1 aliphatic heterocycles. The van der Waals surface area contributed by atoms with Gasteiger partial charge in [-0.05, 0) is 24.3 Å². The van der Waals surface area contributed by atoms with Crippen molar-refractivity contribution in [1.29, 1.82) is 0 Å². The predicted molar refractivity (Wildman–Crippen MR) is 90.7 cm³/mol. The van der Waals surface area contributed by atoms with Gasteiger partial charge in [0.05, 0.1) is 12.4 Å². The van der Waals surface area contributed by atoms with Crippen LogP contribution in [0.3, 0.4) is 0 Å². The van der Waals surface area contributed by atoms with Gasteiger partial charge in [0.15, 0.2) is 11.2 Å². The number of aliphatic hydroxyl groups is 1. The molecule has 26 heavy (non-hydrogen) atoms. The minimum Gasteiger partial charge on any atom is -0.508 e. The summed E-state index contributed by atoms with van der Waals surface area (Å²) in [5, 5.41) is 19.5. The number of H-pyrrole nitrogens is 1. The van der Waals surface area contributed by atoms with E-state index >= 15 is 0 Å². The topological polar surface area (TPSA) is 149 Å². The SMILES string of the molecule is Nc1nc2c(ncn2[C@H]2C[C@H](O)[C@@H](COc3ccc(O)cc3)O2)c(=O)[nH]1. The summed E-state index contributed by atoms with van der Waals surface area (Å²) >= 11 is 0. The lowest BCUT2D eigenvalue weighted by atomic mass is 10.2. The average Bonchev–Trinajstić information content (AvgIpc) is 3.18. The molecule has 0 aliphatic carbocycles. The number of anilines is 1. The summed E-state index contributed by atoms with van der Waals surface area (Å²) in [6.07, 6.45) is -0.132. The van der Waals surface area contributed by atoms with Crippen molar-refractivity contribution < 1.29 is 19.7 Å². The highest BCUT2D eigenvalue weighted by Gasteiger charge is 2.36. The summed E-state index contributed by atoms with van der Waals surface area (Å²) in [7, 11) is 0. The maximum Gasteiger partial charge on any atom is 0.280 e. The molecular weight excluding hydrogens is 342 g/mol. The minimum absolute atomic E-state index is 0.0185. The summed E-state index contributed by atoms with van der Waals surface area (Å²) in [6.45, 7) is 0.130. The molecule has 3 atom stereocenters. The number of nitrogens with one attached hydrogen (secondary N) is 1. The van der Waals surface area contributed by atoms with Crippen molar-refractivity contribution in [3.8, 4) is 11.5 Å². The number of aromatic amines is 1. The first-order valence-electron chi connectivity index (χ1n) is 7.99. The normalized spacial score (nSPS) is 22.7. The quantitative estimate of drug-likeness (QED) is 0.514. The Hall–Kier alpha value is -3.11. The van der Waals surface area contributed by atoms with Crippen LogP contribution >= 0.6 is 0 Å². The van der Waals surface area contributed by atoms with Crippen LogP contribution in [0.4, 0.5) is 5.95 Å². The van der Waals surface area contributed by atoms with Gasteiger partial charge in [0.2, 0.25) is 5.95 Å². The number of hydrogen-bond acceptors (Lipinski definition) is 8. The highest BCUT2D eigenvalue weighted by Crippen LogP contribution is 2.31. The molecule has 0 amide bonds. The molecule has 0 unspecified atom stereocenters. The van der Waals surface area contributed by atoms with Gasteiger partial charge in [-0.15, -0.1) is 0 Å². The fraction of sp³-hybridized carbons (Fsp3) is 0.312. The van der Waals surface area contributed by atoms with Crippen molar-refractivity contribution in [3.05, 3.63) is 40.9 Å².